The number of ketones is 1. The molecule has 0 aliphatic carbocycles. The molecule has 7 heteroatoms. The lowest BCUT2D eigenvalue weighted by atomic mass is 10.1. The van der Waals surface area contributed by atoms with Crippen LogP contribution in [0.2, 0.25) is 5.02 Å². The molecule has 0 saturated carbocycles. The smallest absolute Gasteiger partial charge is 0.340 e. The first-order valence-corrected chi connectivity index (χ1v) is 6.97. The predicted octanol–water partition coefficient (Wildman–Crippen LogP) is 3.60. The highest BCUT2D eigenvalue weighted by Gasteiger charge is 2.18. The van der Waals surface area contributed by atoms with Crippen LogP contribution in [0.1, 0.15) is 26.3 Å². The number of hydrogen-bond acceptors (Lipinski definition) is 5. The Morgan fingerprint density at radius 2 is 1.83 bits per heavy atom. The van der Waals surface area contributed by atoms with E-state index in [0.717, 1.165) is 11.6 Å². The molecule has 0 N–H and O–H groups in total. The minimum Gasteiger partial charge on any atom is -0.454 e. The first-order chi connectivity index (χ1) is 10.9. The normalized spacial score (nSPS) is 10.2. The third kappa shape index (κ3) is 4.14. The van der Waals surface area contributed by atoms with Gasteiger partial charge in [0.05, 0.1) is 15.5 Å². The monoisotopic (exact) mass is 333 g/mol. The Morgan fingerprint density at radius 1 is 1.17 bits per heavy atom. The number of non-ortho nitro benzene ring substituents is 1. The minimum absolute atomic E-state index is 0.0170. The van der Waals surface area contributed by atoms with E-state index >= 15 is 0 Å². The molecule has 0 heterocycles. The van der Waals surface area contributed by atoms with Crippen molar-refractivity contribution in [3.63, 3.8) is 0 Å². The third-order valence-corrected chi connectivity index (χ3v) is 3.42. The Kier molecular flexibility index (Phi) is 5.08. The second kappa shape index (κ2) is 7.02. The van der Waals surface area contributed by atoms with Crippen LogP contribution >= 0.6 is 11.6 Å². The molecule has 0 atom stereocenters. The molecule has 2 rings (SSSR count). The van der Waals surface area contributed by atoms with Gasteiger partial charge in [-0.05, 0) is 13.0 Å². The highest BCUT2D eigenvalue weighted by molar-refractivity contribution is 6.33. The molecule has 0 bridgehead atoms. The van der Waals surface area contributed by atoms with Crippen molar-refractivity contribution >= 4 is 29.0 Å². The summed E-state index contributed by atoms with van der Waals surface area (Å²) in [4.78, 5) is 34.0. The lowest BCUT2D eigenvalue weighted by Gasteiger charge is -2.06. The zero-order valence-corrected chi connectivity index (χ0v) is 12.9. The van der Waals surface area contributed by atoms with Gasteiger partial charge in [-0.1, -0.05) is 41.4 Å². The van der Waals surface area contributed by atoms with Crippen molar-refractivity contribution < 1.29 is 19.2 Å². The van der Waals surface area contributed by atoms with E-state index < -0.39 is 17.5 Å². The van der Waals surface area contributed by atoms with E-state index in [2.05, 4.69) is 0 Å². The number of Topliss-reactive ketones (excluding diaryl/α,β-unsaturated/α-hetero) is 1. The van der Waals surface area contributed by atoms with Crippen molar-refractivity contribution in [3.8, 4) is 0 Å². The summed E-state index contributed by atoms with van der Waals surface area (Å²) in [5, 5.41) is 10.7. The average molecular weight is 334 g/mol. The van der Waals surface area contributed by atoms with Crippen molar-refractivity contribution in [2.75, 3.05) is 6.61 Å². The van der Waals surface area contributed by atoms with Crippen molar-refractivity contribution in [2.24, 2.45) is 0 Å². The molecule has 0 unspecified atom stereocenters. The molecule has 0 aliphatic rings. The standard InChI is InChI=1S/C16H12ClNO5/c1-10-2-4-11(5-3-10)15(19)9-23-16(20)13-8-12(18(21)22)6-7-14(13)17/h2-8H,9H2,1H3. The van der Waals surface area contributed by atoms with Gasteiger partial charge >= 0.3 is 5.97 Å². The molecule has 0 saturated heterocycles. The summed E-state index contributed by atoms with van der Waals surface area (Å²) in [5.41, 5.74) is 0.972. The highest BCUT2D eigenvalue weighted by atomic mass is 35.5. The molecule has 2 aromatic carbocycles. The molecule has 6 nitrogen and oxygen atoms in total. The molecule has 0 aromatic heterocycles. The van der Waals surface area contributed by atoms with E-state index in [1.165, 1.54) is 12.1 Å². The Hall–Kier alpha value is -2.73. The Bertz CT molecular complexity index is 771. The highest BCUT2D eigenvalue weighted by Crippen LogP contribution is 2.22. The van der Waals surface area contributed by atoms with E-state index in [1.54, 1.807) is 24.3 Å². The van der Waals surface area contributed by atoms with Crippen LogP contribution in [0.4, 0.5) is 5.69 Å². The lowest BCUT2D eigenvalue weighted by Crippen LogP contribution is -2.14. The van der Waals surface area contributed by atoms with E-state index in [-0.39, 0.29) is 22.1 Å². The van der Waals surface area contributed by atoms with Crippen molar-refractivity contribution in [1.82, 2.24) is 0 Å². The molecule has 23 heavy (non-hydrogen) atoms. The maximum Gasteiger partial charge on any atom is 0.340 e. The van der Waals surface area contributed by atoms with Gasteiger partial charge in [0.2, 0.25) is 0 Å². The second-order valence-electron chi connectivity index (χ2n) is 4.79. The van der Waals surface area contributed by atoms with E-state index in [4.69, 9.17) is 16.3 Å². The molecule has 0 fully saturated rings. The van der Waals surface area contributed by atoms with Gasteiger partial charge in [0.1, 0.15) is 0 Å². The topological polar surface area (TPSA) is 86.5 Å². The minimum atomic E-state index is -0.890. The van der Waals surface area contributed by atoms with Crippen LogP contribution in [-0.4, -0.2) is 23.3 Å². The Morgan fingerprint density at radius 3 is 2.43 bits per heavy atom. The number of carbonyl (C=O) groups is 2. The van der Waals surface area contributed by atoms with Crippen LogP contribution in [0.25, 0.3) is 0 Å². The van der Waals surface area contributed by atoms with Crippen LogP contribution in [0, 0.1) is 17.0 Å². The number of nitrogens with zero attached hydrogens (tertiary/aromatic N) is 1. The van der Waals surface area contributed by atoms with Crippen LogP contribution < -0.4 is 0 Å². The van der Waals surface area contributed by atoms with Crippen LogP contribution in [0.5, 0.6) is 0 Å². The summed E-state index contributed by atoms with van der Waals surface area (Å²) in [6, 6.07) is 10.2. The second-order valence-corrected chi connectivity index (χ2v) is 5.19. The number of hydrogen-bond donors (Lipinski definition) is 0. The number of benzene rings is 2. The quantitative estimate of drug-likeness (QED) is 0.361. The first kappa shape index (κ1) is 16.6. The fraction of sp³-hybridized carbons (Fsp3) is 0.125. The van der Waals surface area contributed by atoms with E-state index in [1.807, 2.05) is 6.92 Å². The van der Waals surface area contributed by atoms with Crippen LogP contribution in [0.15, 0.2) is 42.5 Å². The van der Waals surface area contributed by atoms with Crippen molar-refractivity contribution in [3.05, 3.63) is 74.3 Å². The van der Waals surface area contributed by atoms with Crippen LogP contribution in [0.3, 0.4) is 0 Å². The van der Waals surface area contributed by atoms with Crippen molar-refractivity contribution in [2.45, 2.75) is 6.92 Å². The zero-order valence-electron chi connectivity index (χ0n) is 12.1. The summed E-state index contributed by atoms with van der Waals surface area (Å²) in [7, 11) is 0. The summed E-state index contributed by atoms with van der Waals surface area (Å²) in [5.74, 6) is -1.26. The molecule has 0 radical (unpaired) electrons. The predicted molar refractivity (Wildman–Crippen MR) is 83.9 cm³/mol. The third-order valence-electron chi connectivity index (χ3n) is 3.09. The number of nitro groups is 1. The molecule has 118 valence electrons. The SMILES string of the molecule is Cc1ccc(C(=O)COC(=O)c2cc([N+](=O)[O-])ccc2Cl)cc1. The summed E-state index contributed by atoms with van der Waals surface area (Å²) >= 11 is 5.84. The van der Waals surface area contributed by atoms with Gasteiger partial charge in [0.15, 0.2) is 12.4 Å². The molecular formula is C16H12ClNO5. The van der Waals surface area contributed by atoms with Gasteiger partial charge in [-0.3, -0.25) is 14.9 Å². The fourth-order valence-corrected chi connectivity index (χ4v) is 2.01. The molecule has 0 spiro atoms. The number of rotatable bonds is 5. The molecule has 0 amide bonds. The maximum absolute atomic E-state index is 11.9. The van der Waals surface area contributed by atoms with Gasteiger partial charge < -0.3 is 4.74 Å². The largest absolute Gasteiger partial charge is 0.454 e. The maximum atomic E-state index is 11.9. The Balaban J connectivity index is 2.07. The molecular weight excluding hydrogens is 322 g/mol. The number of carbonyl (C=O) groups excluding carboxylic acids is 2. The van der Waals surface area contributed by atoms with E-state index in [9.17, 15) is 19.7 Å². The van der Waals surface area contributed by atoms with Gasteiger partial charge in [-0.25, -0.2) is 4.79 Å². The van der Waals surface area contributed by atoms with Gasteiger partial charge in [-0.2, -0.15) is 0 Å². The van der Waals surface area contributed by atoms with Gasteiger partial charge in [0.25, 0.3) is 5.69 Å². The first-order valence-electron chi connectivity index (χ1n) is 6.59. The summed E-state index contributed by atoms with van der Waals surface area (Å²) in [6.45, 7) is 1.42. The number of esters is 1. The number of nitro benzene ring substituents is 1. The molecule has 2 aromatic rings. The van der Waals surface area contributed by atoms with Gasteiger partial charge in [0, 0.05) is 17.7 Å². The number of halogens is 1. The fourth-order valence-electron chi connectivity index (χ4n) is 1.81. The van der Waals surface area contributed by atoms with E-state index in [0.29, 0.717) is 5.56 Å². The number of aryl methyl sites for hydroxylation is 1. The lowest BCUT2D eigenvalue weighted by molar-refractivity contribution is -0.384. The van der Waals surface area contributed by atoms with Gasteiger partial charge in [-0.15, -0.1) is 0 Å². The number of ether oxygens (including phenoxy) is 1. The summed E-state index contributed by atoms with van der Waals surface area (Å²) in [6.07, 6.45) is 0. The van der Waals surface area contributed by atoms with Crippen LogP contribution in [-0.2, 0) is 4.74 Å². The van der Waals surface area contributed by atoms with Crippen molar-refractivity contribution in [1.29, 1.82) is 0 Å². The zero-order chi connectivity index (χ0) is 17.0. The Labute approximate surface area is 136 Å². The average Bonchev–Trinajstić information content (AvgIpc) is 2.53. The summed E-state index contributed by atoms with van der Waals surface area (Å²) < 4.78 is 4.89. The molecule has 0 aliphatic heterocycles.